The van der Waals surface area contributed by atoms with E-state index in [0.29, 0.717) is 19.3 Å². The summed E-state index contributed by atoms with van der Waals surface area (Å²) in [6.07, 6.45) is 85.8. The third kappa shape index (κ3) is 58.4. The van der Waals surface area contributed by atoms with Crippen molar-refractivity contribution in [3.8, 4) is 0 Å². The molecule has 0 rings (SSSR count). The standard InChI is InChI=1S/C68H110O6/c1-4-7-10-13-16-19-22-25-28-31-34-37-40-43-46-49-52-55-58-61-67(70)73-64-65(63-72-66(69)60-57-54-51-48-45-42-39-36-33-30-27-24-21-18-15-12-9-6-3)74-68(71)62-59-56-53-50-47-44-41-38-35-32-29-26-23-20-17-14-11-8-5-2/h7,10,12,15-16,18-19,21,24-25,27-28,30,32-37,39,43,46,65H,4-6,8-9,11,13-14,17,20,22-23,26,29,31,38,40-42,44-45,47-64H2,1-3H3/b10-7-,15-12-,19-16-,21-18-,27-24-,28-25-,33-30-,35-32-,37-34-,39-36-,46-43-. The van der Waals surface area contributed by atoms with Gasteiger partial charge in [-0.05, 0) is 109 Å². The molecule has 1 atom stereocenters. The summed E-state index contributed by atoms with van der Waals surface area (Å²) >= 11 is 0. The van der Waals surface area contributed by atoms with E-state index < -0.39 is 6.10 Å². The Balaban J connectivity index is 4.53. The van der Waals surface area contributed by atoms with E-state index in [1.54, 1.807) is 0 Å². The van der Waals surface area contributed by atoms with E-state index >= 15 is 0 Å². The van der Waals surface area contributed by atoms with Crippen molar-refractivity contribution in [2.75, 3.05) is 13.2 Å². The van der Waals surface area contributed by atoms with E-state index in [1.165, 1.54) is 96.3 Å². The van der Waals surface area contributed by atoms with Crippen LogP contribution in [0.15, 0.2) is 134 Å². The zero-order valence-electron chi connectivity index (χ0n) is 47.8. The fourth-order valence-electron chi connectivity index (χ4n) is 7.96. The fraction of sp³-hybridized carbons (Fsp3) is 0.632. The topological polar surface area (TPSA) is 78.9 Å². The van der Waals surface area contributed by atoms with Gasteiger partial charge in [-0.15, -0.1) is 0 Å². The van der Waals surface area contributed by atoms with Crippen LogP contribution in [0.25, 0.3) is 0 Å². The van der Waals surface area contributed by atoms with Crippen molar-refractivity contribution < 1.29 is 28.6 Å². The molecule has 0 spiro atoms. The summed E-state index contributed by atoms with van der Waals surface area (Å²) in [5, 5.41) is 0. The first-order chi connectivity index (χ1) is 36.5. The monoisotopic (exact) mass is 1020 g/mol. The van der Waals surface area contributed by atoms with Gasteiger partial charge in [-0.3, -0.25) is 14.4 Å². The van der Waals surface area contributed by atoms with E-state index in [9.17, 15) is 14.4 Å². The normalized spacial score (nSPS) is 13.1. The molecule has 74 heavy (non-hydrogen) atoms. The van der Waals surface area contributed by atoms with Gasteiger partial charge >= 0.3 is 17.9 Å². The number of allylic oxidation sites excluding steroid dienone is 22. The molecule has 6 heteroatoms. The van der Waals surface area contributed by atoms with Crippen LogP contribution in [0.2, 0.25) is 0 Å². The van der Waals surface area contributed by atoms with Gasteiger partial charge < -0.3 is 14.2 Å². The summed E-state index contributed by atoms with van der Waals surface area (Å²) < 4.78 is 16.9. The van der Waals surface area contributed by atoms with E-state index in [2.05, 4.69) is 130 Å². The summed E-state index contributed by atoms with van der Waals surface area (Å²) in [5.41, 5.74) is 0. The highest BCUT2D eigenvalue weighted by molar-refractivity contribution is 5.71. The second-order valence-corrected chi connectivity index (χ2v) is 19.6. The minimum absolute atomic E-state index is 0.108. The molecule has 0 heterocycles. The molecule has 0 radical (unpaired) electrons. The van der Waals surface area contributed by atoms with Gasteiger partial charge in [-0.1, -0.05) is 264 Å². The zero-order chi connectivity index (χ0) is 53.6. The molecule has 0 saturated carbocycles. The molecule has 418 valence electrons. The SMILES string of the molecule is CC/C=C\C/C=C\C/C=C\C/C=C\C/C=C\CCCCCC(=O)OCC(COC(=O)CCCCCCC\C=C/C=C\C=C/C=C\C=C/CCC)OC(=O)CCCCCCCCC/C=C\CCCCCCCCCC. The first kappa shape index (κ1) is 69.5. The minimum atomic E-state index is -0.811. The lowest BCUT2D eigenvalue weighted by molar-refractivity contribution is -0.167. The number of carbonyl (C=O) groups is 3. The number of hydrogen-bond acceptors (Lipinski definition) is 6. The van der Waals surface area contributed by atoms with Crippen LogP contribution in [0.5, 0.6) is 0 Å². The number of hydrogen-bond donors (Lipinski definition) is 0. The van der Waals surface area contributed by atoms with Gasteiger partial charge in [0.2, 0.25) is 0 Å². The number of carbonyl (C=O) groups excluding carboxylic acids is 3. The summed E-state index contributed by atoms with van der Waals surface area (Å²) in [6.45, 7) is 6.39. The molecule has 0 fully saturated rings. The summed E-state index contributed by atoms with van der Waals surface area (Å²) in [4.78, 5) is 38.3. The second-order valence-electron chi connectivity index (χ2n) is 19.6. The highest BCUT2D eigenvalue weighted by atomic mass is 16.6. The highest BCUT2D eigenvalue weighted by Gasteiger charge is 2.19. The average Bonchev–Trinajstić information content (AvgIpc) is 3.40. The quantitative estimate of drug-likeness (QED) is 0.0199. The molecular weight excluding hydrogens is 913 g/mol. The highest BCUT2D eigenvalue weighted by Crippen LogP contribution is 2.14. The molecule has 6 nitrogen and oxygen atoms in total. The van der Waals surface area contributed by atoms with Gasteiger partial charge in [0.25, 0.3) is 0 Å². The Hall–Kier alpha value is -4.45. The van der Waals surface area contributed by atoms with Crippen molar-refractivity contribution in [1.29, 1.82) is 0 Å². The lowest BCUT2D eigenvalue weighted by atomic mass is 10.1. The third-order valence-electron chi connectivity index (χ3n) is 12.5. The maximum atomic E-state index is 12.9. The minimum Gasteiger partial charge on any atom is -0.462 e. The average molecular weight is 1020 g/mol. The molecule has 0 aromatic carbocycles. The zero-order valence-corrected chi connectivity index (χ0v) is 47.8. The van der Waals surface area contributed by atoms with Crippen LogP contribution < -0.4 is 0 Å². The first-order valence-corrected chi connectivity index (χ1v) is 30.3. The Morgan fingerprint density at radius 3 is 1.03 bits per heavy atom. The summed E-state index contributed by atoms with van der Waals surface area (Å²) in [7, 11) is 0. The number of unbranched alkanes of at least 4 members (excludes halogenated alkanes) is 24. The van der Waals surface area contributed by atoms with Crippen molar-refractivity contribution in [2.45, 2.75) is 264 Å². The molecule has 1 unspecified atom stereocenters. The van der Waals surface area contributed by atoms with Gasteiger partial charge in [-0.2, -0.15) is 0 Å². The Kier molecular flexibility index (Phi) is 57.4. The Labute approximate surface area is 455 Å². The molecule has 0 amide bonds. The molecule has 0 aliphatic carbocycles. The molecule has 0 saturated heterocycles. The van der Waals surface area contributed by atoms with Crippen molar-refractivity contribution >= 4 is 17.9 Å². The smallest absolute Gasteiger partial charge is 0.306 e. The van der Waals surface area contributed by atoms with Crippen LogP contribution in [0, 0.1) is 0 Å². The predicted molar refractivity (Wildman–Crippen MR) is 320 cm³/mol. The van der Waals surface area contributed by atoms with E-state index in [4.69, 9.17) is 14.2 Å². The van der Waals surface area contributed by atoms with Gasteiger partial charge in [0.15, 0.2) is 6.10 Å². The van der Waals surface area contributed by atoms with E-state index in [0.717, 1.165) is 122 Å². The Morgan fingerprint density at radius 2 is 0.608 bits per heavy atom. The van der Waals surface area contributed by atoms with Crippen molar-refractivity contribution in [3.63, 3.8) is 0 Å². The van der Waals surface area contributed by atoms with Crippen LogP contribution in [0.4, 0.5) is 0 Å². The lowest BCUT2D eigenvalue weighted by Gasteiger charge is -2.18. The second kappa shape index (κ2) is 61.1. The Morgan fingerprint density at radius 1 is 0.297 bits per heavy atom. The molecule has 0 aliphatic rings. The maximum Gasteiger partial charge on any atom is 0.306 e. The van der Waals surface area contributed by atoms with Gasteiger partial charge in [0.1, 0.15) is 13.2 Å². The molecule has 0 bridgehead atoms. The largest absolute Gasteiger partial charge is 0.462 e. The number of ether oxygens (including phenoxy) is 3. The predicted octanol–water partition coefficient (Wildman–Crippen LogP) is 20.6. The van der Waals surface area contributed by atoms with Crippen LogP contribution >= 0.6 is 0 Å². The van der Waals surface area contributed by atoms with Crippen LogP contribution in [-0.2, 0) is 28.6 Å². The number of esters is 3. The maximum absolute atomic E-state index is 12.9. The van der Waals surface area contributed by atoms with Crippen LogP contribution in [0.3, 0.4) is 0 Å². The molecule has 0 aromatic rings. The molecule has 0 aliphatic heterocycles. The molecule has 0 aromatic heterocycles. The van der Waals surface area contributed by atoms with Crippen molar-refractivity contribution in [2.24, 2.45) is 0 Å². The Bertz CT molecular complexity index is 1600. The van der Waals surface area contributed by atoms with Crippen molar-refractivity contribution in [3.05, 3.63) is 134 Å². The molecular formula is C68H110O6. The fourth-order valence-corrected chi connectivity index (χ4v) is 7.96. The summed E-state index contributed by atoms with van der Waals surface area (Å²) in [6, 6.07) is 0. The number of rotatable bonds is 53. The molecule has 0 N–H and O–H groups in total. The van der Waals surface area contributed by atoms with E-state index in [1.807, 2.05) is 24.3 Å². The first-order valence-electron chi connectivity index (χ1n) is 30.3. The van der Waals surface area contributed by atoms with Gasteiger partial charge in [0.05, 0.1) is 0 Å². The van der Waals surface area contributed by atoms with Gasteiger partial charge in [-0.25, -0.2) is 0 Å². The van der Waals surface area contributed by atoms with Crippen LogP contribution in [-0.4, -0.2) is 37.2 Å². The third-order valence-corrected chi connectivity index (χ3v) is 12.5. The van der Waals surface area contributed by atoms with E-state index in [-0.39, 0.29) is 31.1 Å². The van der Waals surface area contributed by atoms with Crippen LogP contribution in [0.1, 0.15) is 258 Å². The summed E-state index contributed by atoms with van der Waals surface area (Å²) in [5.74, 6) is -0.968. The van der Waals surface area contributed by atoms with Crippen molar-refractivity contribution in [1.82, 2.24) is 0 Å². The van der Waals surface area contributed by atoms with Gasteiger partial charge in [0, 0.05) is 19.3 Å². The lowest BCUT2D eigenvalue weighted by Crippen LogP contribution is -2.30.